The van der Waals surface area contributed by atoms with Gasteiger partial charge >= 0.3 is 6.03 Å². The molecule has 0 spiro atoms. The zero-order valence-electron chi connectivity index (χ0n) is 16.0. The lowest BCUT2D eigenvalue weighted by Gasteiger charge is -2.32. The van der Waals surface area contributed by atoms with Gasteiger partial charge in [-0.05, 0) is 43.6 Å². The monoisotopic (exact) mass is 393 g/mol. The van der Waals surface area contributed by atoms with Crippen LogP contribution in [0.2, 0.25) is 0 Å². The Hall–Kier alpha value is -1.60. The van der Waals surface area contributed by atoms with Crippen molar-refractivity contribution < 1.29 is 14.3 Å². The number of urea groups is 1. The molecule has 0 atom stereocenters. The van der Waals surface area contributed by atoms with Gasteiger partial charge in [-0.15, -0.1) is 0 Å². The fraction of sp³-hybridized carbons (Fsp3) is 0.700. The summed E-state index contributed by atoms with van der Waals surface area (Å²) in [4.78, 5) is 26.2. The Morgan fingerprint density at radius 3 is 2.63 bits per heavy atom. The number of carbonyl (C=O) groups excluding carboxylic acids is 2. The number of carbonyl (C=O) groups is 2. The Balaban J connectivity index is 1.25. The third-order valence-electron chi connectivity index (χ3n) is 5.40. The fourth-order valence-electron chi connectivity index (χ4n) is 3.75. The van der Waals surface area contributed by atoms with Gasteiger partial charge < -0.3 is 20.3 Å². The summed E-state index contributed by atoms with van der Waals surface area (Å²) in [6, 6.07) is 1.97. The highest BCUT2D eigenvalue weighted by molar-refractivity contribution is 7.08. The second-order valence-electron chi connectivity index (χ2n) is 7.46. The molecule has 7 heteroatoms. The SMILES string of the molecule is O=C(NC1CCN(C(=O)NCCCOC2CCCCC2)CC1)c1ccsc1. The Labute approximate surface area is 165 Å². The topological polar surface area (TPSA) is 70.7 Å². The van der Waals surface area contributed by atoms with Gasteiger partial charge in [0.05, 0.1) is 6.10 Å². The molecule has 27 heavy (non-hydrogen) atoms. The first-order valence-corrected chi connectivity index (χ1v) is 11.1. The van der Waals surface area contributed by atoms with Crippen LogP contribution < -0.4 is 10.6 Å². The van der Waals surface area contributed by atoms with Crippen molar-refractivity contribution in [2.75, 3.05) is 26.2 Å². The molecular formula is C20H31N3O3S. The number of rotatable bonds is 7. The summed E-state index contributed by atoms with van der Waals surface area (Å²) in [5.74, 6) is -0.0166. The Morgan fingerprint density at radius 2 is 1.93 bits per heavy atom. The number of ether oxygens (including phenoxy) is 1. The molecule has 1 saturated carbocycles. The fourth-order valence-corrected chi connectivity index (χ4v) is 4.39. The molecule has 1 saturated heterocycles. The van der Waals surface area contributed by atoms with Gasteiger partial charge in [-0.1, -0.05) is 19.3 Å². The molecule has 1 aromatic rings. The molecule has 2 aliphatic rings. The van der Waals surface area contributed by atoms with Gasteiger partial charge in [0.2, 0.25) is 0 Å². The molecule has 3 amide bonds. The number of nitrogens with zero attached hydrogens (tertiary/aromatic N) is 1. The van der Waals surface area contributed by atoms with Gasteiger partial charge in [-0.25, -0.2) is 4.79 Å². The summed E-state index contributed by atoms with van der Waals surface area (Å²) >= 11 is 1.52. The van der Waals surface area contributed by atoms with Crippen LogP contribution in [-0.2, 0) is 4.74 Å². The summed E-state index contributed by atoms with van der Waals surface area (Å²) in [6.45, 7) is 2.74. The molecule has 2 fully saturated rings. The minimum absolute atomic E-state index is 0.00437. The molecule has 0 unspecified atom stereocenters. The maximum atomic E-state index is 12.3. The lowest BCUT2D eigenvalue weighted by Crippen LogP contribution is -2.49. The smallest absolute Gasteiger partial charge is 0.317 e. The average molecular weight is 394 g/mol. The van der Waals surface area contributed by atoms with Crippen LogP contribution >= 0.6 is 11.3 Å². The molecule has 0 radical (unpaired) electrons. The standard InChI is InChI=1S/C20H31N3O3S/c24-19(16-9-14-27-15-16)22-17-7-11-23(12-8-17)20(25)21-10-4-13-26-18-5-2-1-3-6-18/h9,14-15,17-18H,1-8,10-13H2,(H,21,25)(H,22,24). The van der Waals surface area contributed by atoms with Gasteiger partial charge in [0, 0.05) is 43.2 Å². The van der Waals surface area contributed by atoms with E-state index in [1.807, 2.05) is 21.7 Å². The van der Waals surface area contributed by atoms with Crippen LogP contribution in [0.4, 0.5) is 4.79 Å². The molecule has 0 aromatic carbocycles. The summed E-state index contributed by atoms with van der Waals surface area (Å²) in [5.41, 5.74) is 0.718. The first-order chi connectivity index (χ1) is 13.2. The molecule has 1 aliphatic carbocycles. The quantitative estimate of drug-likeness (QED) is 0.698. The number of hydrogen-bond acceptors (Lipinski definition) is 4. The number of thiophene rings is 1. The lowest BCUT2D eigenvalue weighted by molar-refractivity contribution is 0.0274. The Morgan fingerprint density at radius 1 is 1.15 bits per heavy atom. The van der Waals surface area contributed by atoms with Crippen molar-refractivity contribution in [2.45, 2.75) is 63.5 Å². The molecule has 1 aromatic heterocycles. The maximum Gasteiger partial charge on any atom is 0.317 e. The Bertz CT molecular complexity index is 579. The molecule has 3 rings (SSSR count). The first-order valence-electron chi connectivity index (χ1n) is 10.2. The number of hydrogen-bond donors (Lipinski definition) is 2. The second-order valence-corrected chi connectivity index (χ2v) is 8.24. The molecule has 0 bridgehead atoms. The van der Waals surface area contributed by atoms with E-state index in [4.69, 9.17) is 4.74 Å². The molecule has 150 valence electrons. The largest absolute Gasteiger partial charge is 0.378 e. The summed E-state index contributed by atoms with van der Waals surface area (Å²) in [5, 5.41) is 9.82. The van der Waals surface area contributed by atoms with Crippen LogP contribution in [0.1, 0.15) is 61.7 Å². The summed E-state index contributed by atoms with van der Waals surface area (Å²) in [6.07, 6.45) is 9.16. The molecule has 2 heterocycles. The second kappa shape index (κ2) is 10.7. The minimum atomic E-state index is -0.0166. The van der Waals surface area contributed by atoms with Crippen molar-refractivity contribution in [3.8, 4) is 0 Å². The predicted molar refractivity (Wildman–Crippen MR) is 107 cm³/mol. The van der Waals surface area contributed by atoms with Gasteiger partial charge in [0.25, 0.3) is 5.91 Å². The van der Waals surface area contributed by atoms with Crippen molar-refractivity contribution in [3.05, 3.63) is 22.4 Å². The van der Waals surface area contributed by atoms with Crippen LogP contribution in [0.3, 0.4) is 0 Å². The number of nitrogens with one attached hydrogen (secondary N) is 2. The number of amides is 3. The first kappa shape index (κ1) is 20.1. The number of likely N-dealkylation sites (tertiary alicyclic amines) is 1. The van der Waals surface area contributed by atoms with Crippen molar-refractivity contribution in [1.82, 2.24) is 15.5 Å². The van der Waals surface area contributed by atoms with Gasteiger partial charge in [-0.3, -0.25) is 4.79 Å². The third-order valence-corrected chi connectivity index (χ3v) is 6.09. The van der Waals surface area contributed by atoms with Crippen LogP contribution in [0.25, 0.3) is 0 Å². The van der Waals surface area contributed by atoms with Gasteiger partial charge in [0.1, 0.15) is 0 Å². The summed E-state index contributed by atoms with van der Waals surface area (Å²) in [7, 11) is 0. The molecular weight excluding hydrogens is 362 g/mol. The predicted octanol–water partition coefficient (Wildman–Crippen LogP) is 3.39. The van der Waals surface area contributed by atoms with Crippen molar-refractivity contribution >= 4 is 23.3 Å². The highest BCUT2D eigenvalue weighted by Crippen LogP contribution is 2.20. The molecule has 2 N–H and O–H groups in total. The summed E-state index contributed by atoms with van der Waals surface area (Å²) < 4.78 is 5.89. The van der Waals surface area contributed by atoms with E-state index in [9.17, 15) is 9.59 Å². The van der Waals surface area contributed by atoms with Crippen LogP contribution in [0, 0.1) is 0 Å². The number of piperidine rings is 1. The molecule has 6 nitrogen and oxygen atoms in total. The van der Waals surface area contributed by atoms with E-state index >= 15 is 0 Å². The van der Waals surface area contributed by atoms with Crippen molar-refractivity contribution in [2.24, 2.45) is 0 Å². The zero-order chi connectivity index (χ0) is 18.9. The van der Waals surface area contributed by atoms with E-state index in [-0.39, 0.29) is 18.0 Å². The van der Waals surface area contributed by atoms with Gasteiger partial charge in [0.15, 0.2) is 0 Å². The van der Waals surface area contributed by atoms with E-state index in [1.165, 1.54) is 43.4 Å². The van der Waals surface area contributed by atoms with Crippen LogP contribution in [0.15, 0.2) is 16.8 Å². The van der Waals surface area contributed by atoms with E-state index < -0.39 is 0 Å². The van der Waals surface area contributed by atoms with E-state index in [0.717, 1.165) is 31.4 Å². The Kier molecular flexibility index (Phi) is 7.95. The highest BCUT2D eigenvalue weighted by atomic mass is 32.1. The normalized spacial score (nSPS) is 19.0. The van der Waals surface area contributed by atoms with Crippen LogP contribution in [-0.4, -0.2) is 55.2 Å². The average Bonchev–Trinajstić information content (AvgIpc) is 3.24. The van der Waals surface area contributed by atoms with Gasteiger partial charge in [-0.2, -0.15) is 11.3 Å². The maximum absolute atomic E-state index is 12.3. The minimum Gasteiger partial charge on any atom is -0.378 e. The lowest BCUT2D eigenvalue weighted by atomic mass is 9.98. The van der Waals surface area contributed by atoms with E-state index in [0.29, 0.717) is 25.7 Å². The van der Waals surface area contributed by atoms with Crippen molar-refractivity contribution in [1.29, 1.82) is 0 Å². The van der Waals surface area contributed by atoms with Crippen molar-refractivity contribution in [3.63, 3.8) is 0 Å². The van der Waals surface area contributed by atoms with E-state index in [1.54, 1.807) is 0 Å². The van der Waals surface area contributed by atoms with Crippen LogP contribution in [0.5, 0.6) is 0 Å². The zero-order valence-corrected chi connectivity index (χ0v) is 16.8. The van der Waals surface area contributed by atoms with E-state index in [2.05, 4.69) is 10.6 Å². The highest BCUT2D eigenvalue weighted by Gasteiger charge is 2.24. The molecule has 1 aliphatic heterocycles. The third kappa shape index (κ3) is 6.50.